The first-order valence-electron chi connectivity index (χ1n) is 6.10. The van der Waals surface area contributed by atoms with E-state index in [-0.39, 0.29) is 6.03 Å². The summed E-state index contributed by atoms with van der Waals surface area (Å²) >= 11 is 1.97. The smallest absolute Gasteiger partial charge is 0.317 e. The Balaban J connectivity index is 1.65. The van der Waals surface area contributed by atoms with Crippen LogP contribution in [0.15, 0.2) is 0 Å². The standard InChI is InChI=1S/C11H21N3OS/c1-16-10-4-2-3-9(10)12-5-7-14-8-6-13-11(14)15/h9-10,12H,2-8H2,1H3,(H,13,15). The maximum atomic E-state index is 11.3. The van der Waals surface area contributed by atoms with E-state index in [1.165, 1.54) is 19.3 Å². The molecule has 1 saturated carbocycles. The monoisotopic (exact) mass is 243 g/mol. The number of carbonyl (C=O) groups is 1. The molecule has 5 heteroatoms. The highest BCUT2D eigenvalue weighted by Gasteiger charge is 2.26. The summed E-state index contributed by atoms with van der Waals surface area (Å²) in [5.41, 5.74) is 0. The summed E-state index contributed by atoms with van der Waals surface area (Å²) in [6.45, 7) is 3.42. The third kappa shape index (κ3) is 2.83. The first-order valence-corrected chi connectivity index (χ1v) is 7.39. The number of hydrogen-bond donors (Lipinski definition) is 2. The highest BCUT2D eigenvalue weighted by atomic mass is 32.2. The Morgan fingerprint density at radius 2 is 2.44 bits per heavy atom. The second-order valence-corrected chi connectivity index (χ2v) is 5.56. The molecule has 1 heterocycles. The average molecular weight is 243 g/mol. The van der Waals surface area contributed by atoms with E-state index in [0.29, 0.717) is 6.04 Å². The maximum absolute atomic E-state index is 11.3. The number of hydrogen-bond acceptors (Lipinski definition) is 3. The number of nitrogens with one attached hydrogen (secondary N) is 2. The van der Waals surface area contributed by atoms with Gasteiger partial charge in [-0.1, -0.05) is 6.42 Å². The molecule has 0 radical (unpaired) electrons. The van der Waals surface area contributed by atoms with Gasteiger partial charge in [0.15, 0.2) is 0 Å². The SMILES string of the molecule is CSC1CCCC1NCCN1CCNC1=O. The molecule has 92 valence electrons. The second kappa shape index (κ2) is 5.77. The zero-order valence-electron chi connectivity index (χ0n) is 9.87. The molecular formula is C11H21N3OS. The van der Waals surface area contributed by atoms with Crippen molar-refractivity contribution < 1.29 is 4.79 Å². The Labute approximate surface area is 102 Å². The van der Waals surface area contributed by atoms with Gasteiger partial charge < -0.3 is 15.5 Å². The predicted molar refractivity (Wildman–Crippen MR) is 67.9 cm³/mol. The quantitative estimate of drug-likeness (QED) is 0.753. The van der Waals surface area contributed by atoms with Crippen molar-refractivity contribution in [3.8, 4) is 0 Å². The van der Waals surface area contributed by atoms with Crippen LogP contribution in [0.2, 0.25) is 0 Å². The maximum Gasteiger partial charge on any atom is 0.317 e. The van der Waals surface area contributed by atoms with E-state index in [2.05, 4.69) is 16.9 Å². The van der Waals surface area contributed by atoms with Crippen LogP contribution in [0.4, 0.5) is 4.79 Å². The Morgan fingerprint density at radius 3 is 3.12 bits per heavy atom. The molecule has 2 fully saturated rings. The van der Waals surface area contributed by atoms with Crippen molar-refractivity contribution in [2.24, 2.45) is 0 Å². The number of thioether (sulfide) groups is 1. The molecule has 2 unspecified atom stereocenters. The number of urea groups is 1. The summed E-state index contributed by atoms with van der Waals surface area (Å²) in [5.74, 6) is 0. The molecule has 4 nitrogen and oxygen atoms in total. The van der Waals surface area contributed by atoms with Gasteiger partial charge in [0, 0.05) is 37.5 Å². The van der Waals surface area contributed by atoms with Crippen LogP contribution < -0.4 is 10.6 Å². The molecule has 2 amide bonds. The van der Waals surface area contributed by atoms with Crippen LogP contribution in [0.25, 0.3) is 0 Å². The minimum absolute atomic E-state index is 0.0923. The first kappa shape index (κ1) is 12.0. The molecule has 2 rings (SSSR count). The molecule has 2 aliphatic rings. The average Bonchev–Trinajstić information content (AvgIpc) is 2.88. The van der Waals surface area contributed by atoms with Crippen molar-refractivity contribution in [2.75, 3.05) is 32.4 Å². The van der Waals surface area contributed by atoms with Crippen molar-refractivity contribution in [3.63, 3.8) is 0 Å². The van der Waals surface area contributed by atoms with Gasteiger partial charge in [-0.2, -0.15) is 11.8 Å². The molecule has 0 aromatic rings. The van der Waals surface area contributed by atoms with Gasteiger partial charge in [-0.3, -0.25) is 0 Å². The summed E-state index contributed by atoms with van der Waals surface area (Å²) in [6, 6.07) is 0.746. The summed E-state index contributed by atoms with van der Waals surface area (Å²) in [6.07, 6.45) is 6.16. The summed E-state index contributed by atoms with van der Waals surface area (Å²) in [7, 11) is 0. The number of nitrogens with zero attached hydrogens (tertiary/aromatic N) is 1. The molecule has 0 spiro atoms. The van der Waals surface area contributed by atoms with Crippen molar-refractivity contribution >= 4 is 17.8 Å². The van der Waals surface area contributed by atoms with E-state index in [4.69, 9.17) is 0 Å². The highest BCUT2D eigenvalue weighted by molar-refractivity contribution is 7.99. The van der Waals surface area contributed by atoms with E-state index >= 15 is 0 Å². The Kier molecular flexibility index (Phi) is 4.35. The van der Waals surface area contributed by atoms with E-state index in [1.54, 1.807) is 0 Å². The zero-order valence-corrected chi connectivity index (χ0v) is 10.7. The van der Waals surface area contributed by atoms with E-state index in [0.717, 1.165) is 31.4 Å². The number of carbonyl (C=O) groups excluding carboxylic acids is 1. The molecule has 1 aliphatic carbocycles. The van der Waals surface area contributed by atoms with Crippen LogP contribution in [-0.2, 0) is 0 Å². The lowest BCUT2D eigenvalue weighted by Crippen LogP contribution is -2.40. The lowest BCUT2D eigenvalue weighted by Gasteiger charge is -2.21. The molecule has 0 aromatic carbocycles. The van der Waals surface area contributed by atoms with Gasteiger partial charge in [0.1, 0.15) is 0 Å². The van der Waals surface area contributed by atoms with Crippen LogP contribution in [0.3, 0.4) is 0 Å². The third-order valence-electron chi connectivity index (χ3n) is 3.49. The number of rotatable bonds is 5. The molecule has 2 N–H and O–H groups in total. The van der Waals surface area contributed by atoms with Gasteiger partial charge in [0.2, 0.25) is 0 Å². The van der Waals surface area contributed by atoms with Crippen LogP contribution >= 0.6 is 11.8 Å². The van der Waals surface area contributed by atoms with Crippen molar-refractivity contribution in [3.05, 3.63) is 0 Å². The minimum atomic E-state index is 0.0923. The van der Waals surface area contributed by atoms with E-state index in [1.807, 2.05) is 16.7 Å². The lowest BCUT2D eigenvalue weighted by atomic mass is 10.2. The van der Waals surface area contributed by atoms with Crippen LogP contribution in [0.1, 0.15) is 19.3 Å². The molecule has 1 aliphatic heterocycles. The van der Waals surface area contributed by atoms with Crippen molar-refractivity contribution in [2.45, 2.75) is 30.6 Å². The van der Waals surface area contributed by atoms with Crippen molar-refractivity contribution in [1.82, 2.24) is 15.5 Å². The normalized spacial score (nSPS) is 29.8. The Bertz CT molecular complexity index is 249. The second-order valence-electron chi connectivity index (χ2n) is 4.48. The van der Waals surface area contributed by atoms with Gasteiger partial charge in [-0.15, -0.1) is 0 Å². The highest BCUT2D eigenvalue weighted by Crippen LogP contribution is 2.28. The van der Waals surface area contributed by atoms with Gasteiger partial charge in [-0.25, -0.2) is 4.79 Å². The van der Waals surface area contributed by atoms with Crippen molar-refractivity contribution in [1.29, 1.82) is 0 Å². The summed E-state index contributed by atoms with van der Waals surface area (Å²) in [5, 5.41) is 7.18. The van der Waals surface area contributed by atoms with Gasteiger partial charge in [0.05, 0.1) is 0 Å². The molecule has 1 saturated heterocycles. The number of amides is 2. The summed E-state index contributed by atoms with van der Waals surface area (Å²) in [4.78, 5) is 13.2. The molecule has 0 aromatic heterocycles. The molecule has 16 heavy (non-hydrogen) atoms. The van der Waals surface area contributed by atoms with Gasteiger partial charge in [0.25, 0.3) is 0 Å². The summed E-state index contributed by atoms with van der Waals surface area (Å²) < 4.78 is 0. The van der Waals surface area contributed by atoms with Gasteiger partial charge >= 0.3 is 6.03 Å². The van der Waals surface area contributed by atoms with Crippen LogP contribution in [0, 0.1) is 0 Å². The van der Waals surface area contributed by atoms with E-state index in [9.17, 15) is 4.79 Å². The third-order valence-corrected chi connectivity index (χ3v) is 4.66. The van der Waals surface area contributed by atoms with E-state index < -0.39 is 0 Å². The fraction of sp³-hybridized carbons (Fsp3) is 0.909. The fourth-order valence-electron chi connectivity index (χ4n) is 2.55. The first-order chi connectivity index (χ1) is 7.81. The molecular weight excluding hydrogens is 222 g/mol. The van der Waals surface area contributed by atoms with Crippen LogP contribution in [0.5, 0.6) is 0 Å². The largest absolute Gasteiger partial charge is 0.336 e. The topological polar surface area (TPSA) is 44.4 Å². The predicted octanol–water partition coefficient (Wildman–Crippen LogP) is 0.885. The lowest BCUT2D eigenvalue weighted by molar-refractivity contribution is 0.217. The minimum Gasteiger partial charge on any atom is -0.336 e. The Morgan fingerprint density at radius 1 is 1.56 bits per heavy atom. The van der Waals surface area contributed by atoms with Crippen LogP contribution in [-0.4, -0.2) is 54.7 Å². The molecule has 0 bridgehead atoms. The Hall–Kier alpha value is -0.420. The van der Waals surface area contributed by atoms with Gasteiger partial charge in [-0.05, 0) is 19.1 Å². The molecule has 2 atom stereocenters. The fourth-order valence-corrected chi connectivity index (χ4v) is 3.51. The zero-order chi connectivity index (χ0) is 11.4.